The van der Waals surface area contributed by atoms with Crippen LogP contribution in [0.15, 0.2) is 12.7 Å². The molecule has 2 saturated heterocycles. The second-order valence-electron chi connectivity index (χ2n) is 6.53. The van der Waals surface area contributed by atoms with E-state index in [0.717, 1.165) is 0 Å². The normalized spacial score (nSPS) is 30.6. The molecule has 2 amide bonds. The van der Waals surface area contributed by atoms with E-state index >= 15 is 0 Å². The highest BCUT2D eigenvalue weighted by Gasteiger charge is 2.44. The Balaban J connectivity index is 1.45. The molecule has 12 nitrogen and oxygen atoms in total. The first-order valence-electron chi connectivity index (χ1n) is 8.47. The van der Waals surface area contributed by atoms with E-state index in [1.54, 1.807) is 0 Å². The van der Waals surface area contributed by atoms with Crippen LogP contribution in [0.2, 0.25) is 0 Å². The number of nitrogens with zero attached hydrogens (tertiary/aromatic N) is 4. The van der Waals surface area contributed by atoms with Gasteiger partial charge in [0.05, 0.1) is 6.33 Å². The molecule has 0 unspecified atom stereocenters. The molecule has 2 aliphatic rings. The number of carbonyl (C=O) groups excluding carboxylic acids is 2. The van der Waals surface area contributed by atoms with Gasteiger partial charge in [-0.1, -0.05) is 0 Å². The van der Waals surface area contributed by atoms with Gasteiger partial charge in [0.1, 0.15) is 36.2 Å². The molecule has 4 rings (SSSR count). The number of aliphatic hydroxyl groups excluding tert-OH is 2. The van der Waals surface area contributed by atoms with Crippen molar-refractivity contribution in [2.75, 3.05) is 12.3 Å². The number of anilines is 1. The molecule has 144 valence electrons. The molecule has 2 aromatic rings. The van der Waals surface area contributed by atoms with E-state index < -0.39 is 30.6 Å². The summed E-state index contributed by atoms with van der Waals surface area (Å²) in [6, 6.07) is -0.589. The topological polar surface area (TPSA) is 178 Å². The third-order valence-corrected chi connectivity index (χ3v) is 4.79. The average Bonchev–Trinajstić information content (AvgIpc) is 3.34. The van der Waals surface area contributed by atoms with Crippen molar-refractivity contribution in [2.45, 2.75) is 43.4 Å². The number of nitrogens with one attached hydrogen (secondary N) is 2. The fourth-order valence-corrected chi connectivity index (χ4v) is 3.32. The minimum atomic E-state index is -1.26. The summed E-state index contributed by atoms with van der Waals surface area (Å²) in [5, 5.41) is 25.9. The molecule has 0 spiro atoms. The number of amides is 2. The van der Waals surface area contributed by atoms with Crippen molar-refractivity contribution in [1.82, 2.24) is 30.2 Å². The maximum atomic E-state index is 12.1. The van der Waals surface area contributed by atoms with Crippen molar-refractivity contribution < 1.29 is 24.5 Å². The molecule has 5 atom stereocenters. The molecule has 12 heteroatoms. The summed E-state index contributed by atoms with van der Waals surface area (Å²) in [5.41, 5.74) is 6.47. The summed E-state index contributed by atoms with van der Waals surface area (Å²) in [6.07, 6.45) is -0.898. The largest absolute Gasteiger partial charge is 0.387 e. The van der Waals surface area contributed by atoms with Crippen LogP contribution in [0.4, 0.5) is 5.82 Å². The number of nitrogens with two attached hydrogens (primary N) is 1. The third-order valence-electron chi connectivity index (χ3n) is 4.79. The van der Waals surface area contributed by atoms with E-state index in [4.69, 9.17) is 10.5 Å². The van der Waals surface area contributed by atoms with Crippen molar-refractivity contribution in [1.29, 1.82) is 0 Å². The van der Waals surface area contributed by atoms with Crippen molar-refractivity contribution in [3.8, 4) is 0 Å². The SMILES string of the molecule is Nc1ncnc2c1ncn2[C@@H]1O[C@H](CNC(=O)[C@@H]2CCC(=O)N2)[C@@H](O)[C@H]1O. The average molecular weight is 377 g/mol. The number of fused-ring (bicyclic) bond motifs is 1. The van der Waals surface area contributed by atoms with Crippen LogP contribution in [0.1, 0.15) is 19.1 Å². The van der Waals surface area contributed by atoms with Gasteiger partial charge in [-0.05, 0) is 6.42 Å². The van der Waals surface area contributed by atoms with Gasteiger partial charge in [-0.25, -0.2) is 15.0 Å². The van der Waals surface area contributed by atoms with Crippen LogP contribution in [0.5, 0.6) is 0 Å². The van der Waals surface area contributed by atoms with E-state index in [9.17, 15) is 19.8 Å². The summed E-state index contributed by atoms with van der Waals surface area (Å²) < 4.78 is 7.19. The molecule has 27 heavy (non-hydrogen) atoms. The van der Waals surface area contributed by atoms with E-state index in [1.165, 1.54) is 17.2 Å². The minimum absolute atomic E-state index is 0.0241. The maximum Gasteiger partial charge on any atom is 0.242 e. The summed E-state index contributed by atoms with van der Waals surface area (Å²) >= 11 is 0. The third kappa shape index (κ3) is 3.07. The quantitative estimate of drug-likeness (QED) is 0.383. The van der Waals surface area contributed by atoms with Gasteiger partial charge in [0.25, 0.3) is 0 Å². The van der Waals surface area contributed by atoms with Crippen LogP contribution in [-0.4, -0.2) is 72.4 Å². The zero-order valence-electron chi connectivity index (χ0n) is 14.1. The Morgan fingerprint density at radius 3 is 2.93 bits per heavy atom. The van der Waals surface area contributed by atoms with Gasteiger partial charge in [0, 0.05) is 13.0 Å². The standard InChI is InChI=1S/C15H19N7O5/c16-12-9-13(19-4-18-12)22(5-20-9)15-11(25)10(24)7(27-15)3-17-14(26)6-1-2-8(23)21-6/h4-7,10-11,15,24-25H,1-3H2,(H,17,26)(H,21,23)(H2,16,18,19)/t6-,7+,10+,11+,15+/m0/s1. The molecule has 0 radical (unpaired) electrons. The van der Waals surface area contributed by atoms with Gasteiger partial charge in [-0.2, -0.15) is 0 Å². The number of nitrogen functional groups attached to an aromatic ring is 1. The Hall–Kier alpha value is -2.83. The van der Waals surface area contributed by atoms with E-state index in [-0.39, 0.29) is 24.2 Å². The molecular formula is C15H19N7O5. The molecule has 4 heterocycles. The summed E-state index contributed by atoms with van der Waals surface area (Å²) in [4.78, 5) is 35.3. The molecule has 0 bridgehead atoms. The van der Waals surface area contributed by atoms with Crippen LogP contribution in [0, 0.1) is 0 Å². The Morgan fingerprint density at radius 2 is 2.19 bits per heavy atom. The second-order valence-corrected chi connectivity index (χ2v) is 6.53. The Bertz CT molecular complexity index is 887. The highest BCUT2D eigenvalue weighted by atomic mass is 16.6. The summed E-state index contributed by atoms with van der Waals surface area (Å²) in [7, 11) is 0. The van der Waals surface area contributed by atoms with E-state index in [1.807, 2.05) is 0 Å². The molecule has 0 aromatic carbocycles. The Morgan fingerprint density at radius 1 is 1.37 bits per heavy atom. The lowest BCUT2D eigenvalue weighted by Crippen LogP contribution is -2.46. The number of carbonyl (C=O) groups is 2. The van der Waals surface area contributed by atoms with Crippen LogP contribution >= 0.6 is 0 Å². The van der Waals surface area contributed by atoms with Crippen LogP contribution in [0.3, 0.4) is 0 Å². The molecule has 0 saturated carbocycles. The van der Waals surface area contributed by atoms with Gasteiger partial charge in [0.2, 0.25) is 11.8 Å². The van der Waals surface area contributed by atoms with Gasteiger partial charge < -0.3 is 31.3 Å². The van der Waals surface area contributed by atoms with Crippen molar-refractivity contribution in [3.63, 3.8) is 0 Å². The highest BCUT2D eigenvalue weighted by Crippen LogP contribution is 2.31. The highest BCUT2D eigenvalue weighted by molar-refractivity contribution is 5.90. The zero-order valence-corrected chi connectivity index (χ0v) is 14.1. The predicted octanol–water partition coefficient (Wildman–Crippen LogP) is -2.58. The van der Waals surface area contributed by atoms with Crippen molar-refractivity contribution in [3.05, 3.63) is 12.7 Å². The predicted molar refractivity (Wildman–Crippen MR) is 89.8 cm³/mol. The molecule has 0 aliphatic carbocycles. The lowest BCUT2D eigenvalue weighted by atomic mass is 10.1. The minimum Gasteiger partial charge on any atom is -0.387 e. The molecular weight excluding hydrogens is 358 g/mol. The number of aromatic nitrogens is 4. The first-order chi connectivity index (χ1) is 13.0. The van der Waals surface area contributed by atoms with E-state index in [0.29, 0.717) is 24.0 Å². The first-order valence-corrected chi connectivity index (χ1v) is 8.47. The summed E-state index contributed by atoms with van der Waals surface area (Å²) in [6.45, 7) is -0.0241. The van der Waals surface area contributed by atoms with Crippen LogP contribution in [0.25, 0.3) is 11.2 Å². The van der Waals surface area contributed by atoms with Gasteiger partial charge in [0.15, 0.2) is 17.7 Å². The number of ether oxygens (including phenoxy) is 1. The number of imidazole rings is 1. The Kier molecular flexibility index (Phi) is 4.37. The van der Waals surface area contributed by atoms with Crippen molar-refractivity contribution in [2.24, 2.45) is 0 Å². The molecule has 2 fully saturated rings. The number of rotatable bonds is 4. The van der Waals surface area contributed by atoms with Gasteiger partial charge in [-0.15, -0.1) is 0 Å². The van der Waals surface area contributed by atoms with Crippen LogP contribution in [-0.2, 0) is 14.3 Å². The van der Waals surface area contributed by atoms with Crippen molar-refractivity contribution >= 4 is 28.8 Å². The van der Waals surface area contributed by atoms with Gasteiger partial charge in [-0.3, -0.25) is 14.2 Å². The monoisotopic (exact) mass is 377 g/mol. The van der Waals surface area contributed by atoms with Gasteiger partial charge >= 0.3 is 0 Å². The smallest absolute Gasteiger partial charge is 0.242 e. The number of hydrogen-bond donors (Lipinski definition) is 5. The second kappa shape index (κ2) is 6.72. The number of hydrogen-bond acceptors (Lipinski definition) is 9. The fourth-order valence-electron chi connectivity index (χ4n) is 3.32. The fraction of sp³-hybridized carbons (Fsp3) is 0.533. The molecule has 2 aromatic heterocycles. The lowest BCUT2D eigenvalue weighted by Gasteiger charge is -2.17. The van der Waals surface area contributed by atoms with Crippen LogP contribution < -0.4 is 16.4 Å². The maximum absolute atomic E-state index is 12.1. The first kappa shape index (κ1) is 17.6. The molecule has 6 N–H and O–H groups in total. The van der Waals surface area contributed by atoms with E-state index in [2.05, 4.69) is 25.6 Å². The molecule has 2 aliphatic heterocycles. The number of aliphatic hydroxyl groups is 2. The lowest BCUT2D eigenvalue weighted by molar-refractivity contribution is -0.126. The summed E-state index contributed by atoms with van der Waals surface area (Å²) in [5.74, 6) is -0.339. The zero-order chi connectivity index (χ0) is 19.1. The Labute approximate surface area is 152 Å².